The van der Waals surface area contributed by atoms with Gasteiger partial charge in [0.05, 0.1) is 5.69 Å². The van der Waals surface area contributed by atoms with Crippen LogP contribution in [0.3, 0.4) is 0 Å². The van der Waals surface area contributed by atoms with Crippen molar-refractivity contribution in [1.29, 1.82) is 0 Å². The van der Waals surface area contributed by atoms with Crippen molar-refractivity contribution < 1.29 is 0 Å². The maximum atomic E-state index is 4.36. The molecule has 0 unspecified atom stereocenters. The number of hydrogen-bond donors (Lipinski definition) is 0. The van der Waals surface area contributed by atoms with E-state index in [9.17, 15) is 0 Å². The fourth-order valence-corrected chi connectivity index (χ4v) is 2.70. The SMILES string of the molecule is Cn1ccc(-c2c(Br)cccc2Br)n1. The second kappa shape index (κ2) is 3.87. The van der Waals surface area contributed by atoms with Gasteiger partial charge in [-0.15, -0.1) is 0 Å². The monoisotopic (exact) mass is 314 g/mol. The molecule has 0 aliphatic rings. The summed E-state index contributed by atoms with van der Waals surface area (Å²) in [4.78, 5) is 0. The van der Waals surface area contributed by atoms with Gasteiger partial charge in [-0.05, 0) is 18.2 Å². The number of hydrogen-bond acceptors (Lipinski definition) is 1. The lowest BCUT2D eigenvalue weighted by molar-refractivity contribution is 0.770. The van der Waals surface area contributed by atoms with Gasteiger partial charge in [-0.25, -0.2) is 0 Å². The highest BCUT2D eigenvalue weighted by Crippen LogP contribution is 2.33. The van der Waals surface area contributed by atoms with Crippen molar-refractivity contribution in [2.24, 2.45) is 7.05 Å². The summed E-state index contributed by atoms with van der Waals surface area (Å²) < 4.78 is 3.89. The van der Waals surface area contributed by atoms with E-state index in [0.29, 0.717) is 0 Å². The van der Waals surface area contributed by atoms with Gasteiger partial charge in [0, 0.05) is 27.8 Å². The van der Waals surface area contributed by atoms with E-state index in [1.54, 1.807) is 4.68 Å². The molecule has 72 valence electrons. The van der Waals surface area contributed by atoms with Gasteiger partial charge < -0.3 is 0 Å². The second-order valence-electron chi connectivity index (χ2n) is 2.97. The van der Waals surface area contributed by atoms with Gasteiger partial charge in [0.15, 0.2) is 0 Å². The number of aryl methyl sites for hydroxylation is 1. The summed E-state index contributed by atoms with van der Waals surface area (Å²) in [5, 5.41) is 4.36. The van der Waals surface area contributed by atoms with Crippen LogP contribution in [-0.4, -0.2) is 9.78 Å². The van der Waals surface area contributed by atoms with Crippen LogP contribution in [-0.2, 0) is 7.05 Å². The van der Waals surface area contributed by atoms with Crippen LogP contribution in [0.25, 0.3) is 11.3 Å². The number of aromatic nitrogens is 2. The smallest absolute Gasteiger partial charge is 0.0945 e. The predicted molar refractivity (Wildman–Crippen MR) is 64.0 cm³/mol. The van der Waals surface area contributed by atoms with Gasteiger partial charge in [0.25, 0.3) is 0 Å². The fraction of sp³-hybridized carbons (Fsp3) is 0.100. The topological polar surface area (TPSA) is 17.8 Å². The number of nitrogens with zero attached hydrogens (tertiary/aromatic N) is 2. The summed E-state index contributed by atoms with van der Waals surface area (Å²) in [6.07, 6.45) is 1.93. The summed E-state index contributed by atoms with van der Waals surface area (Å²) in [6.45, 7) is 0. The van der Waals surface area contributed by atoms with Crippen LogP contribution in [0.2, 0.25) is 0 Å². The molecule has 0 atom stereocenters. The fourth-order valence-electron chi connectivity index (χ4n) is 1.29. The first-order valence-electron chi connectivity index (χ1n) is 4.12. The Morgan fingerprint density at radius 1 is 1.14 bits per heavy atom. The molecule has 4 heteroatoms. The number of benzene rings is 1. The molecule has 0 aliphatic carbocycles. The van der Waals surface area contributed by atoms with Crippen molar-refractivity contribution in [2.75, 3.05) is 0 Å². The minimum absolute atomic E-state index is 0.965. The van der Waals surface area contributed by atoms with Crippen LogP contribution in [0.1, 0.15) is 0 Å². The van der Waals surface area contributed by atoms with Crippen molar-refractivity contribution in [2.45, 2.75) is 0 Å². The van der Waals surface area contributed by atoms with E-state index < -0.39 is 0 Å². The van der Waals surface area contributed by atoms with Gasteiger partial charge in [-0.2, -0.15) is 5.10 Å². The van der Waals surface area contributed by atoms with E-state index in [0.717, 1.165) is 20.2 Å². The predicted octanol–water partition coefficient (Wildman–Crippen LogP) is 3.61. The molecule has 0 N–H and O–H groups in total. The van der Waals surface area contributed by atoms with E-state index in [1.165, 1.54) is 0 Å². The minimum atomic E-state index is 0.965. The Hall–Kier alpha value is -0.610. The Morgan fingerprint density at radius 3 is 2.29 bits per heavy atom. The molecular formula is C10H8Br2N2. The van der Waals surface area contributed by atoms with Crippen molar-refractivity contribution in [3.8, 4) is 11.3 Å². The van der Waals surface area contributed by atoms with Crippen molar-refractivity contribution in [3.05, 3.63) is 39.4 Å². The zero-order chi connectivity index (χ0) is 10.1. The summed E-state index contributed by atoms with van der Waals surface area (Å²) >= 11 is 7.03. The quantitative estimate of drug-likeness (QED) is 0.786. The standard InChI is InChI=1S/C10H8Br2N2/c1-14-6-5-9(13-14)10-7(11)3-2-4-8(10)12/h2-6H,1H3. The van der Waals surface area contributed by atoms with Crippen molar-refractivity contribution in [3.63, 3.8) is 0 Å². The average molecular weight is 316 g/mol. The van der Waals surface area contributed by atoms with Crippen LogP contribution in [0.15, 0.2) is 39.4 Å². The molecule has 14 heavy (non-hydrogen) atoms. The highest BCUT2D eigenvalue weighted by molar-refractivity contribution is 9.11. The van der Waals surface area contributed by atoms with Crippen LogP contribution >= 0.6 is 31.9 Å². The minimum Gasteiger partial charge on any atom is -0.275 e. The van der Waals surface area contributed by atoms with Crippen LogP contribution in [0.5, 0.6) is 0 Å². The maximum Gasteiger partial charge on any atom is 0.0945 e. The lowest BCUT2D eigenvalue weighted by Gasteiger charge is -2.03. The van der Waals surface area contributed by atoms with E-state index in [-0.39, 0.29) is 0 Å². The first-order chi connectivity index (χ1) is 6.68. The summed E-state index contributed by atoms with van der Waals surface area (Å²) in [7, 11) is 1.91. The molecule has 0 aliphatic heterocycles. The van der Waals surface area contributed by atoms with Gasteiger partial charge in [-0.1, -0.05) is 37.9 Å². The molecular weight excluding hydrogens is 308 g/mol. The first kappa shape index (κ1) is 9.93. The van der Waals surface area contributed by atoms with Crippen molar-refractivity contribution >= 4 is 31.9 Å². The molecule has 2 nitrogen and oxygen atoms in total. The van der Waals surface area contributed by atoms with Gasteiger partial charge in [-0.3, -0.25) is 4.68 Å². The van der Waals surface area contributed by atoms with E-state index >= 15 is 0 Å². The molecule has 0 spiro atoms. The number of halogens is 2. The first-order valence-corrected chi connectivity index (χ1v) is 5.71. The van der Waals surface area contributed by atoms with E-state index in [2.05, 4.69) is 37.0 Å². The Morgan fingerprint density at radius 2 is 1.79 bits per heavy atom. The normalized spacial score (nSPS) is 10.5. The molecule has 1 aromatic heterocycles. The molecule has 0 fully saturated rings. The Balaban J connectivity index is 2.61. The summed E-state index contributed by atoms with van der Waals surface area (Å²) in [6, 6.07) is 8.00. The lowest BCUT2D eigenvalue weighted by Crippen LogP contribution is -1.89. The van der Waals surface area contributed by atoms with Crippen LogP contribution in [0.4, 0.5) is 0 Å². The van der Waals surface area contributed by atoms with Crippen LogP contribution in [0, 0.1) is 0 Å². The maximum absolute atomic E-state index is 4.36. The summed E-state index contributed by atoms with van der Waals surface area (Å²) in [5.74, 6) is 0. The Labute approximate surface area is 99.2 Å². The zero-order valence-corrected chi connectivity index (χ0v) is 10.7. The lowest BCUT2D eigenvalue weighted by atomic mass is 10.2. The van der Waals surface area contributed by atoms with Crippen molar-refractivity contribution in [1.82, 2.24) is 9.78 Å². The molecule has 0 saturated heterocycles. The molecule has 0 radical (unpaired) electrons. The highest BCUT2D eigenvalue weighted by atomic mass is 79.9. The summed E-state index contributed by atoms with van der Waals surface area (Å²) in [5.41, 5.74) is 2.06. The third-order valence-corrected chi connectivity index (χ3v) is 3.25. The molecule has 0 bridgehead atoms. The molecule has 2 aromatic rings. The Kier molecular flexibility index (Phi) is 2.74. The second-order valence-corrected chi connectivity index (χ2v) is 4.68. The number of rotatable bonds is 1. The van der Waals surface area contributed by atoms with E-state index in [1.807, 2.05) is 37.5 Å². The molecule has 1 aromatic carbocycles. The average Bonchev–Trinajstić information content (AvgIpc) is 2.51. The Bertz CT molecular complexity index is 443. The van der Waals surface area contributed by atoms with Gasteiger partial charge >= 0.3 is 0 Å². The highest BCUT2D eigenvalue weighted by Gasteiger charge is 2.09. The molecule has 2 rings (SSSR count). The van der Waals surface area contributed by atoms with Crippen LogP contribution < -0.4 is 0 Å². The third kappa shape index (κ3) is 1.77. The van der Waals surface area contributed by atoms with E-state index in [4.69, 9.17) is 0 Å². The van der Waals surface area contributed by atoms with Gasteiger partial charge in [0.2, 0.25) is 0 Å². The molecule has 1 heterocycles. The zero-order valence-electron chi connectivity index (χ0n) is 7.54. The molecule has 0 amide bonds. The largest absolute Gasteiger partial charge is 0.275 e. The molecule has 0 saturated carbocycles. The third-order valence-electron chi connectivity index (χ3n) is 1.93. The van der Waals surface area contributed by atoms with Gasteiger partial charge in [0.1, 0.15) is 0 Å².